The average molecular weight is 634 g/mol. The summed E-state index contributed by atoms with van der Waals surface area (Å²) < 4.78 is 14.0. The highest BCUT2D eigenvalue weighted by atomic mass is 127. The van der Waals surface area contributed by atoms with Crippen molar-refractivity contribution < 1.29 is 14.3 Å². The first kappa shape index (κ1) is 22.4. The minimum atomic E-state index is -0.0531. The Hall–Kier alpha value is -1.27. The lowest BCUT2D eigenvalue weighted by atomic mass is 10.1. The van der Waals surface area contributed by atoms with Gasteiger partial charge in [-0.15, -0.1) is 0 Å². The molecule has 29 heavy (non-hydrogen) atoms. The van der Waals surface area contributed by atoms with Gasteiger partial charge in [0.05, 0.1) is 15.1 Å². The Labute approximate surface area is 202 Å². The smallest absolute Gasteiger partial charge is 0.266 e. The molecule has 5 nitrogen and oxygen atoms in total. The van der Waals surface area contributed by atoms with Crippen molar-refractivity contribution in [2.45, 2.75) is 13.5 Å². The van der Waals surface area contributed by atoms with Gasteiger partial charge in [0.25, 0.3) is 5.91 Å². The zero-order chi connectivity index (χ0) is 21.0. The van der Waals surface area contributed by atoms with Crippen LogP contribution in [0.25, 0.3) is 6.08 Å². The van der Waals surface area contributed by atoms with Crippen LogP contribution >= 0.6 is 56.9 Å². The molecule has 8 heteroatoms. The van der Waals surface area contributed by atoms with E-state index in [4.69, 9.17) is 9.47 Å². The number of benzene rings is 2. The number of likely N-dealkylation sites (N-methyl/N-ethyl adjacent to an activating group) is 1. The van der Waals surface area contributed by atoms with Crippen LogP contribution in [0.15, 0.2) is 46.3 Å². The molecule has 0 spiro atoms. The second kappa shape index (κ2) is 10.2. The maximum atomic E-state index is 12.4. The quantitative estimate of drug-likeness (QED) is 0.316. The van der Waals surface area contributed by atoms with Gasteiger partial charge in [-0.1, -0.05) is 12.1 Å². The number of amides is 1. The molecule has 0 atom stereocenters. The van der Waals surface area contributed by atoms with E-state index in [0.717, 1.165) is 14.7 Å². The number of carbonyl (C=O) groups is 1. The van der Waals surface area contributed by atoms with Crippen molar-refractivity contribution in [3.05, 3.63) is 59.6 Å². The number of rotatable bonds is 6. The lowest BCUT2D eigenvalue weighted by Crippen LogP contribution is -2.23. The molecule has 0 unspecified atom stereocenters. The highest BCUT2D eigenvalue weighted by Gasteiger charge is 2.29. The fraction of sp³-hybridized carbons (Fsp3) is 0.238. The molecular weight excluding hydrogens is 614 g/mol. The van der Waals surface area contributed by atoms with Crippen molar-refractivity contribution in [2.24, 2.45) is 4.99 Å². The standard InChI is InChI=1S/C21H20I2N2O3S/c1-4-27-17-10-14(11-18-20(26)25(3)21(24-2)29-18)9-16(23)19(17)28-12-13-5-7-15(22)8-6-13/h5-11H,4,12H2,1-3H3/b18-11-,24-21?. The van der Waals surface area contributed by atoms with Crippen LogP contribution in [0.1, 0.15) is 18.1 Å². The first-order valence-electron chi connectivity index (χ1n) is 8.91. The van der Waals surface area contributed by atoms with E-state index in [1.165, 1.54) is 15.3 Å². The largest absolute Gasteiger partial charge is 0.490 e. The first-order chi connectivity index (χ1) is 13.9. The summed E-state index contributed by atoms with van der Waals surface area (Å²) in [4.78, 5) is 18.8. The Morgan fingerprint density at radius 2 is 1.90 bits per heavy atom. The first-order valence-corrected chi connectivity index (χ1v) is 11.9. The normalized spacial score (nSPS) is 16.7. The van der Waals surface area contributed by atoms with Gasteiger partial charge in [-0.2, -0.15) is 0 Å². The number of nitrogens with zero attached hydrogens (tertiary/aromatic N) is 2. The van der Waals surface area contributed by atoms with Gasteiger partial charge in [0.15, 0.2) is 16.7 Å². The van der Waals surface area contributed by atoms with E-state index in [1.54, 1.807) is 19.0 Å². The summed E-state index contributed by atoms with van der Waals surface area (Å²) in [7, 11) is 3.42. The minimum absolute atomic E-state index is 0.0531. The molecule has 1 saturated heterocycles. The molecule has 2 aromatic rings. The number of halogens is 2. The zero-order valence-corrected chi connectivity index (χ0v) is 21.4. The summed E-state index contributed by atoms with van der Waals surface area (Å²) in [5.74, 6) is 1.33. The molecule has 2 aromatic carbocycles. The summed E-state index contributed by atoms with van der Waals surface area (Å²) in [6.07, 6.45) is 1.87. The number of hydrogen-bond acceptors (Lipinski definition) is 5. The van der Waals surface area contributed by atoms with Gasteiger partial charge in [-0.25, -0.2) is 0 Å². The molecule has 0 N–H and O–H groups in total. The topological polar surface area (TPSA) is 51.1 Å². The van der Waals surface area contributed by atoms with E-state index < -0.39 is 0 Å². The molecule has 0 aliphatic carbocycles. The van der Waals surface area contributed by atoms with Crippen molar-refractivity contribution >= 4 is 74.1 Å². The minimum Gasteiger partial charge on any atom is -0.490 e. The molecule has 1 aliphatic rings. The van der Waals surface area contributed by atoms with Gasteiger partial charge in [0.2, 0.25) is 0 Å². The maximum Gasteiger partial charge on any atom is 0.266 e. The van der Waals surface area contributed by atoms with Crippen molar-refractivity contribution in [1.29, 1.82) is 0 Å². The lowest BCUT2D eigenvalue weighted by molar-refractivity contribution is -0.121. The zero-order valence-electron chi connectivity index (χ0n) is 16.2. The Bertz CT molecular complexity index is 975. The van der Waals surface area contributed by atoms with Crippen LogP contribution in [0.3, 0.4) is 0 Å². The highest BCUT2D eigenvalue weighted by molar-refractivity contribution is 14.1. The number of thioether (sulfide) groups is 1. The Balaban J connectivity index is 1.87. The second-order valence-corrected chi connectivity index (χ2v) is 9.58. The Morgan fingerprint density at radius 3 is 2.52 bits per heavy atom. The molecule has 0 aromatic heterocycles. The lowest BCUT2D eigenvalue weighted by Gasteiger charge is -2.15. The number of aliphatic imine (C=N–C) groups is 1. The SMILES string of the molecule is CCOc1cc(/C=C2\SC(=NC)N(C)C2=O)cc(I)c1OCc1ccc(I)cc1. The fourth-order valence-electron chi connectivity index (χ4n) is 2.71. The van der Waals surface area contributed by atoms with Crippen molar-refractivity contribution in [3.63, 3.8) is 0 Å². The van der Waals surface area contributed by atoms with E-state index in [1.807, 2.05) is 25.1 Å². The van der Waals surface area contributed by atoms with Gasteiger partial charge in [0, 0.05) is 17.7 Å². The number of ether oxygens (including phenoxy) is 2. The summed E-state index contributed by atoms with van der Waals surface area (Å²) in [5, 5.41) is 0.693. The van der Waals surface area contributed by atoms with Crippen LogP contribution in [-0.2, 0) is 11.4 Å². The average Bonchev–Trinajstić information content (AvgIpc) is 2.97. The molecule has 1 aliphatic heterocycles. The summed E-state index contributed by atoms with van der Waals surface area (Å²) in [5.41, 5.74) is 1.98. The van der Waals surface area contributed by atoms with Gasteiger partial charge in [-0.05, 0) is 105 Å². The van der Waals surface area contributed by atoms with E-state index in [2.05, 4.69) is 74.4 Å². The predicted molar refractivity (Wildman–Crippen MR) is 136 cm³/mol. The number of amidine groups is 1. The second-order valence-electron chi connectivity index (χ2n) is 6.16. The van der Waals surface area contributed by atoms with Crippen molar-refractivity contribution in [3.8, 4) is 11.5 Å². The third kappa shape index (κ3) is 5.46. The highest BCUT2D eigenvalue weighted by Crippen LogP contribution is 2.37. The Morgan fingerprint density at radius 1 is 1.17 bits per heavy atom. The molecule has 152 valence electrons. The van der Waals surface area contributed by atoms with Gasteiger partial charge >= 0.3 is 0 Å². The van der Waals surface area contributed by atoms with Gasteiger partial charge < -0.3 is 9.47 Å². The van der Waals surface area contributed by atoms with Crippen LogP contribution in [0.2, 0.25) is 0 Å². The van der Waals surface area contributed by atoms with E-state index in [-0.39, 0.29) is 5.91 Å². The summed E-state index contributed by atoms with van der Waals surface area (Å²) >= 11 is 5.90. The molecule has 0 bridgehead atoms. The number of hydrogen-bond donors (Lipinski definition) is 0. The predicted octanol–water partition coefficient (Wildman–Crippen LogP) is 5.41. The van der Waals surface area contributed by atoms with Crippen LogP contribution in [-0.4, -0.2) is 36.7 Å². The molecule has 0 saturated carbocycles. The third-order valence-electron chi connectivity index (χ3n) is 4.12. The third-order valence-corrected chi connectivity index (χ3v) is 6.79. The van der Waals surface area contributed by atoms with Crippen molar-refractivity contribution in [2.75, 3.05) is 20.7 Å². The van der Waals surface area contributed by atoms with Crippen LogP contribution in [0, 0.1) is 7.14 Å². The van der Waals surface area contributed by atoms with Crippen molar-refractivity contribution in [1.82, 2.24) is 4.90 Å². The molecular formula is C21H20I2N2O3S. The van der Waals surface area contributed by atoms with Crippen LogP contribution in [0.4, 0.5) is 0 Å². The molecule has 1 amide bonds. The van der Waals surface area contributed by atoms with Crippen LogP contribution < -0.4 is 9.47 Å². The Kier molecular flexibility index (Phi) is 7.85. The van der Waals surface area contributed by atoms with Gasteiger partial charge in [-0.3, -0.25) is 14.7 Å². The van der Waals surface area contributed by atoms with Gasteiger partial charge in [0.1, 0.15) is 6.61 Å². The summed E-state index contributed by atoms with van der Waals surface area (Å²) in [6, 6.07) is 12.1. The van der Waals surface area contributed by atoms with E-state index >= 15 is 0 Å². The van der Waals surface area contributed by atoms with E-state index in [9.17, 15) is 4.79 Å². The monoisotopic (exact) mass is 634 g/mol. The molecule has 3 rings (SSSR count). The van der Waals surface area contributed by atoms with Crippen LogP contribution in [0.5, 0.6) is 11.5 Å². The maximum absolute atomic E-state index is 12.4. The summed E-state index contributed by atoms with van der Waals surface area (Å²) in [6.45, 7) is 2.93. The number of carbonyl (C=O) groups excluding carboxylic acids is 1. The van der Waals surface area contributed by atoms with E-state index in [0.29, 0.717) is 34.8 Å². The fourth-order valence-corrected chi connectivity index (χ4v) is 4.78. The molecule has 0 radical (unpaired) electrons. The molecule has 1 heterocycles. The molecule has 1 fully saturated rings.